The molecule has 26 heavy (non-hydrogen) atoms. The van der Waals surface area contributed by atoms with E-state index in [9.17, 15) is 14.4 Å². The summed E-state index contributed by atoms with van der Waals surface area (Å²) in [6, 6.07) is 5.29. The number of esters is 2. The summed E-state index contributed by atoms with van der Waals surface area (Å²) < 4.78 is 15.1. The number of rotatable bonds is 5. The quantitative estimate of drug-likeness (QED) is 0.797. The Morgan fingerprint density at radius 3 is 2.50 bits per heavy atom. The smallest absolute Gasteiger partial charge is 0.355 e. The van der Waals surface area contributed by atoms with Gasteiger partial charge in [0.05, 0.1) is 26.4 Å². The van der Waals surface area contributed by atoms with Crippen LogP contribution in [-0.2, 0) is 28.6 Å². The first-order valence-corrected chi connectivity index (χ1v) is 8.08. The van der Waals surface area contributed by atoms with Crippen molar-refractivity contribution in [1.82, 2.24) is 0 Å². The van der Waals surface area contributed by atoms with E-state index in [1.54, 1.807) is 24.0 Å². The first-order valence-electron chi connectivity index (χ1n) is 8.08. The summed E-state index contributed by atoms with van der Waals surface area (Å²) >= 11 is 0. The minimum atomic E-state index is -0.670. The maximum atomic E-state index is 12.3. The molecular formula is C18H22N2O6. The van der Waals surface area contributed by atoms with Crippen LogP contribution in [-0.4, -0.2) is 45.4 Å². The maximum Gasteiger partial charge on any atom is 0.355 e. The van der Waals surface area contributed by atoms with Gasteiger partial charge in [-0.15, -0.1) is 0 Å². The van der Waals surface area contributed by atoms with Crippen LogP contribution in [0.5, 0.6) is 0 Å². The normalized spacial score (nSPS) is 14.1. The summed E-state index contributed by atoms with van der Waals surface area (Å²) in [6.07, 6.45) is 0.343. The van der Waals surface area contributed by atoms with E-state index in [4.69, 9.17) is 14.2 Å². The number of benzene rings is 1. The zero-order chi connectivity index (χ0) is 19.3. The number of methoxy groups -OCH3 is 2. The number of carbonyl (C=O) groups excluding carboxylic acids is 3. The van der Waals surface area contributed by atoms with Gasteiger partial charge in [0.1, 0.15) is 12.4 Å². The average Bonchev–Trinajstić information content (AvgIpc) is 2.67. The first kappa shape index (κ1) is 19.5. The molecule has 1 N–H and O–H groups in total. The number of ether oxygens (including phenoxy) is 3. The van der Waals surface area contributed by atoms with Gasteiger partial charge in [-0.3, -0.25) is 4.79 Å². The molecule has 1 aromatic rings. The monoisotopic (exact) mass is 362 g/mol. The van der Waals surface area contributed by atoms with Gasteiger partial charge >= 0.3 is 11.9 Å². The summed E-state index contributed by atoms with van der Waals surface area (Å²) in [6.45, 7) is 3.60. The molecule has 0 saturated heterocycles. The van der Waals surface area contributed by atoms with Gasteiger partial charge in [0.2, 0.25) is 5.91 Å². The Morgan fingerprint density at radius 2 is 1.88 bits per heavy atom. The van der Waals surface area contributed by atoms with Crippen molar-refractivity contribution in [3.8, 4) is 0 Å². The second-order valence-corrected chi connectivity index (χ2v) is 5.62. The first-order chi connectivity index (χ1) is 12.4. The topological polar surface area (TPSA) is 94.2 Å². The molecule has 0 bridgehead atoms. The van der Waals surface area contributed by atoms with E-state index >= 15 is 0 Å². The average molecular weight is 362 g/mol. The summed E-state index contributed by atoms with van der Waals surface area (Å²) in [4.78, 5) is 37.6. The molecule has 0 radical (unpaired) electrons. The fraction of sp³-hybridized carbons (Fsp3) is 0.389. The third kappa shape index (κ3) is 4.02. The number of amides is 1. The molecular weight excluding hydrogens is 340 g/mol. The standard InChI is InChI=1S/C18H22N2O6/c1-5-15(21)19-12-7-6-11(2)14(8-12)20-10-26-9-13(17(22)24-3)16(20)18(23)25-4/h6-8H,5,9-10H2,1-4H3,(H,19,21). The van der Waals surface area contributed by atoms with Crippen LogP contribution < -0.4 is 10.2 Å². The van der Waals surface area contributed by atoms with Gasteiger partial charge in [-0.2, -0.15) is 0 Å². The number of aryl methyl sites for hydroxylation is 1. The van der Waals surface area contributed by atoms with E-state index in [2.05, 4.69) is 5.32 Å². The van der Waals surface area contributed by atoms with Crippen LogP contribution in [0.15, 0.2) is 29.5 Å². The summed E-state index contributed by atoms with van der Waals surface area (Å²) in [5.74, 6) is -1.46. The molecule has 1 aliphatic heterocycles. The van der Waals surface area contributed by atoms with E-state index in [0.29, 0.717) is 17.8 Å². The molecule has 1 aliphatic rings. The van der Waals surface area contributed by atoms with Crippen molar-refractivity contribution in [2.75, 3.05) is 37.8 Å². The Kier molecular flexibility index (Phi) is 6.35. The molecule has 140 valence electrons. The minimum Gasteiger partial charge on any atom is -0.466 e. The highest BCUT2D eigenvalue weighted by Gasteiger charge is 2.33. The Hall–Kier alpha value is -2.87. The number of hydrogen-bond donors (Lipinski definition) is 1. The highest BCUT2D eigenvalue weighted by molar-refractivity contribution is 6.03. The lowest BCUT2D eigenvalue weighted by atomic mass is 10.1. The van der Waals surface area contributed by atoms with Crippen LogP contribution in [0.3, 0.4) is 0 Å². The summed E-state index contributed by atoms with van der Waals surface area (Å²) in [7, 11) is 2.47. The van der Waals surface area contributed by atoms with Crippen molar-refractivity contribution < 1.29 is 28.6 Å². The lowest BCUT2D eigenvalue weighted by molar-refractivity contribution is -0.140. The van der Waals surface area contributed by atoms with Crippen molar-refractivity contribution in [3.63, 3.8) is 0 Å². The van der Waals surface area contributed by atoms with Crippen LogP contribution >= 0.6 is 0 Å². The molecule has 0 fully saturated rings. The van der Waals surface area contributed by atoms with Gasteiger partial charge in [-0.05, 0) is 24.6 Å². The third-order valence-corrected chi connectivity index (χ3v) is 3.94. The molecule has 8 heteroatoms. The second kappa shape index (κ2) is 8.48. The highest BCUT2D eigenvalue weighted by atomic mass is 16.5. The molecule has 0 aliphatic carbocycles. The van der Waals surface area contributed by atoms with Gasteiger partial charge in [0.25, 0.3) is 0 Å². The maximum absolute atomic E-state index is 12.3. The number of nitrogens with one attached hydrogen (secondary N) is 1. The number of nitrogens with zero attached hydrogens (tertiary/aromatic N) is 1. The molecule has 8 nitrogen and oxygen atoms in total. The lowest BCUT2D eigenvalue weighted by Gasteiger charge is -2.32. The number of anilines is 2. The zero-order valence-corrected chi connectivity index (χ0v) is 15.3. The van der Waals surface area contributed by atoms with Gasteiger partial charge < -0.3 is 24.4 Å². The van der Waals surface area contributed by atoms with Crippen LogP contribution in [0.25, 0.3) is 0 Å². The van der Waals surface area contributed by atoms with Crippen LogP contribution in [0.4, 0.5) is 11.4 Å². The minimum absolute atomic E-state index is 0.0525. The SMILES string of the molecule is CCC(=O)Nc1ccc(C)c(N2COCC(C(=O)OC)=C2C(=O)OC)c1. The molecule has 0 atom stereocenters. The van der Waals surface area contributed by atoms with E-state index in [-0.39, 0.29) is 30.5 Å². The predicted octanol–water partition coefficient (Wildman–Crippen LogP) is 1.74. The molecule has 0 spiro atoms. The van der Waals surface area contributed by atoms with Crippen molar-refractivity contribution >= 4 is 29.2 Å². The summed E-state index contributed by atoms with van der Waals surface area (Å²) in [5.41, 5.74) is 2.16. The van der Waals surface area contributed by atoms with Crippen LogP contribution in [0.2, 0.25) is 0 Å². The van der Waals surface area contributed by atoms with Crippen molar-refractivity contribution in [2.45, 2.75) is 20.3 Å². The molecule has 1 heterocycles. The van der Waals surface area contributed by atoms with E-state index in [1.807, 2.05) is 13.0 Å². The van der Waals surface area contributed by atoms with Crippen molar-refractivity contribution in [1.29, 1.82) is 0 Å². The Balaban J connectivity index is 2.54. The van der Waals surface area contributed by atoms with Gasteiger partial charge in [0, 0.05) is 17.8 Å². The van der Waals surface area contributed by atoms with Gasteiger partial charge in [-0.25, -0.2) is 9.59 Å². The third-order valence-electron chi connectivity index (χ3n) is 3.94. The second-order valence-electron chi connectivity index (χ2n) is 5.62. The molecule has 0 aromatic heterocycles. The molecule has 2 rings (SSSR count). The van der Waals surface area contributed by atoms with Crippen LogP contribution in [0, 0.1) is 6.92 Å². The number of carbonyl (C=O) groups is 3. The number of hydrogen-bond acceptors (Lipinski definition) is 7. The summed E-state index contributed by atoms with van der Waals surface area (Å²) in [5, 5.41) is 2.77. The fourth-order valence-electron chi connectivity index (χ4n) is 2.56. The fourth-order valence-corrected chi connectivity index (χ4v) is 2.56. The molecule has 0 unspecified atom stereocenters. The van der Waals surface area contributed by atoms with Crippen molar-refractivity contribution in [2.24, 2.45) is 0 Å². The highest BCUT2D eigenvalue weighted by Crippen LogP contribution is 2.31. The van der Waals surface area contributed by atoms with Gasteiger partial charge in [-0.1, -0.05) is 13.0 Å². The van der Waals surface area contributed by atoms with Gasteiger partial charge in [0.15, 0.2) is 0 Å². The van der Waals surface area contributed by atoms with E-state index < -0.39 is 11.9 Å². The van der Waals surface area contributed by atoms with Crippen molar-refractivity contribution in [3.05, 3.63) is 35.0 Å². The molecule has 0 saturated carbocycles. The Bertz CT molecular complexity index is 756. The largest absolute Gasteiger partial charge is 0.466 e. The van der Waals surface area contributed by atoms with E-state index in [1.165, 1.54) is 14.2 Å². The lowest BCUT2D eigenvalue weighted by Crippen LogP contribution is -2.39. The predicted molar refractivity (Wildman–Crippen MR) is 94.5 cm³/mol. The Labute approximate surface area is 151 Å². The van der Waals surface area contributed by atoms with Crippen LogP contribution in [0.1, 0.15) is 18.9 Å². The zero-order valence-electron chi connectivity index (χ0n) is 15.3. The Morgan fingerprint density at radius 1 is 1.19 bits per heavy atom. The van der Waals surface area contributed by atoms with E-state index in [0.717, 1.165) is 5.56 Å². The molecule has 1 aromatic carbocycles. The molecule has 1 amide bonds.